The molecule has 0 saturated carbocycles. The fourth-order valence-corrected chi connectivity index (χ4v) is 3.50. The van der Waals surface area contributed by atoms with E-state index in [0.29, 0.717) is 16.9 Å². The minimum Gasteiger partial charge on any atom is -0.360 e. The summed E-state index contributed by atoms with van der Waals surface area (Å²) in [4.78, 5) is 31.6. The predicted octanol–water partition coefficient (Wildman–Crippen LogP) is 2.85. The van der Waals surface area contributed by atoms with Crippen molar-refractivity contribution in [3.63, 3.8) is 0 Å². The maximum absolute atomic E-state index is 12.4. The highest BCUT2D eigenvalue weighted by molar-refractivity contribution is 5.94. The van der Waals surface area contributed by atoms with Gasteiger partial charge < -0.3 is 20.9 Å². The van der Waals surface area contributed by atoms with Crippen molar-refractivity contribution in [2.75, 3.05) is 18.4 Å². The van der Waals surface area contributed by atoms with Crippen molar-refractivity contribution in [2.24, 2.45) is 5.11 Å². The van der Waals surface area contributed by atoms with Gasteiger partial charge in [0.05, 0.1) is 5.56 Å². The first-order valence-electron chi connectivity index (χ1n) is 10.1. The van der Waals surface area contributed by atoms with Gasteiger partial charge in [0.25, 0.3) is 11.5 Å². The zero-order valence-electron chi connectivity index (χ0n) is 16.8. The highest BCUT2D eigenvalue weighted by Crippen LogP contribution is 2.17. The Hall–Kier alpha value is -3.85. The third kappa shape index (κ3) is 4.84. The minimum atomic E-state index is -0.375. The van der Waals surface area contributed by atoms with Crippen molar-refractivity contribution in [2.45, 2.75) is 18.9 Å². The second kappa shape index (κ2) is 9.31. The number of nitrogens with one attached hydrogen (secondary N) is 5. The van der Waals surface area contributed by atoms with Crippen LogP contribution in [0.15, 0.2) is 64.8 Å². The number of hydrogen-bond acceptors (Lipinski definition) is 7. The number of benzene rings is 1. The van der Waals surface area contributed by atoms with E-state index < -0.39 is 0 Å². The lowest BCUT2D eigenvalue weighted by atomic mass is 10.1. The number of pyridine rings is 2. The molecule has 0 spiro atoms. The molecule has 3 heterocycles. The zero-order chi connectivity index (χ0) is 21.6. The summed E-state index contributed by atoms with van der Waals surface area (Å²) >= 11 is 0. The Labute approximate surface area is 178 Å². The number of anilines is 1. The van der Waals surface area contributed by atoms with E-state index in [2.05, 4.69) is 31.0 Å². The van der Waals surface area contributed by atoms with Gasteiger partial charge in [0.15, 0.2) is 0 Å². The summed E-state index contributed by atoms with van der Waals surface area (Å²) in [6.07, 6.45) is 4.95. The first kappa shape index (κ1) is 20.4. The van der Waals surface area contributed by atoms with E-state index in [9.17, 15) is 9.59 Å². The first-order valence-corrected chi connectivity index (χ1v) is 10.1. The number of fused-ring (bicyclic) bond motifs is 1. The van der Waals surface area contributed by atoms with Gasteiger partial charge in [0.2, 0.25) is 0 Å². The van der Waals surface area contributed by atoms with Gasteiger partial charge in [-0.25, -0.2) is 10.5 Å². The molecule has 0 aliphatic carbocycles. The lowest BCUT2D eigenvalue weighted by Gasteiger charge is -2.23. The van der Waals surface area contributed by atoms with Crippen LogP contribution in [-0.4, -0.2) is 35.0 Å². The molecule has 0 radical (unpaired) electrons. The summed E-state index contributed by atoms with van der Waals surface area (Å²) in [7, 11) is 0. The maximum atomic E-state index is 12.4. The smallest absolute Gasteiger partial charge is 0.259 e. The molecule has 9 nitrogen and oxygen atoms in total. The maximum Gasteiger partial charge on any atom is 0.259 e. The molecular weight excluding hydrogens is 394 g/mol. The molecule has 0 bridgehead atoms. The number of rotatable bonds is 6. The number of aromatic amines is 1. The van der Waals surface area contributed by atoms with Crippen molar-refractivity contribution in [1.82, 2.24) is 20.6 Å². The summed E-state index contributed by atoms with van der Waals surface area (Å²) in [5.74, 6) is -0.0906. The summed E-state index contributed by atoms with van der Waals surface area (Å²) in [5, 5.41) is 13.6. The van der Waals surface area contributed by atoms with E-state index in [1.165, 1.54) is 6.20 Å². The molecule has 1 aromatic carbocycles. The number of nitrogens with zero attached hydrogens (tertiary/aromatic N) is 2. The molecule has 9 heteroatoms. The molecule has 1 saturated heterocycles. The molecule has 4 rings (SSSR count). The van der Waals surface area contributed by atoms with E-state index in [-0.39, 0.29) is 28.8 Å². The molecular formula is C22H23N7O2. The monoisotopic (exact) mass is 417 g/mol. The average molecular weight is 417 g/mol. The Balaban J connectivity index is 1.47. The Kier molecular flexibility index (Phi) is 6.13. The van der Waals surface area contributed by atoms with Crippen LogP contribution in [0.2, 0.25) is 0 Å². The quantitative estimate of drug-likeness (QED) is 0.393. The molecule has 1 aliphatic rings. The molecule has 1 fully saturated rings. The van der Waals surface area contributed by atoms with Gasteiger partial charge in [-0.15, -0.1) is 0 Å². The SMILES string of the molecule is N=N/C(=C\Nc1ccc(C(=O)NC2CCNCC2)cc1)c1cc2cccnc2[nH]c1=O. The van der Waals surface area contributed by atoms with E-state index in [1.54, 1.807) is 42.6 Å². The number of hydrogen-bond donors (Lipinski definition) is 5. The number of carbonyl (C=O) groups excluding carboxylic acids is 1. The van der Waals surface area contributed by atoms with Crippen LogP contribution < -0.4 is 21.5 Å². The summed E-state index contributed by atoms with van der Waals surface area (Å²) in [5.41, 5.74) is 9.31. The first-order chi connectivity index (χ1) is 15.1. The molecule has 3 aromatic rings. The standard InChI is InChI=1S/C22H23N7O2/c23-29-19(18-12-15-2-1-9-25-20(15)28-22(18)31)13-26-16-5-3-14(4-6-16)21(30)27-17-7-10-24-11-8-17/h1-6,9,12-13,17,23-24,26H,7-8,10-11H2,(H,27,30)(H,25,28,31)/b19-13-,29-23?. The normalized spacial score (nSPS) is 14.9. The summed E-state index contributed by atoms with van der Waals surface area (Å²) in [6, 6.07) is 12.5. The summed E-state index contributed by atoms with van der Waals surface area (Å²) < 4.78 is 0. The minimum absolute atomic E-state index is 0.0906. The van der Waals surface area contributed by atoms with E-state index >= 15 is 0 Å². The van der Waals surface area contributed by atoms with Crippen molar-refractivity contribution >= 4 is 28.3 Å². The fourth-order valence-electron chi connectivity index (χ4n) is 3.50. The van der Waals surface area contributed by atoms with Crippen LogP contribution >= 0.6 is 0 Å². The highest BCUT2D eigenvalue weighted by atomic mass is 16.1. The fraction of sp³-hybridized carbons (Fsp3) is 0.227. The zero-order valence-corrected chi connectivity index (χ0v) is 16.8. The van der Waals surface area contributed by atoms with Gasteiger partial charge >= 0.3 is 0 Å². The molecule has 0 atom stereocenters. The topological polar surface area (TPSA) is 135 Å². The molecule has 31 heavy (non-hydrogen) atoms. The largest absolute Gasteiger partial charge is 0.360 e. The van der Waals surface area contributed by atoms with Crippen LogP contribution in [0.3, 0.4) is 0 Å². The molecule has 1 aliphatic heterocycles. The molecule has 158 valence electrons. The summed E-state index contributed by atoms with van der Waals surface area (Å²) in [6.45, 7) is 1.83. The molecule has 2 aromatic heterocycles. The number of carbonyl (C=O) groups is 1. The number of aromatic nitrogens is 2. The Morgan fingerprint density at radius 2 is 1.97 bits per heavy atom. The van der Waals surface area contributed by atoms with Gasteiger partial charge in [-0.2, -0.15) is 5.11 Å². The Bertz CT molecular complexity index is 1180. The van der Waals surface area contributed by atoms with Gasteiger partial charge in [0.1, 0.15) is 11.3 Å². The van der Waals surface area contributed by atoms with Gasteiger partial charge in [-0.3, -0.25) is 9.59 Å². The van der Waals surface area contributed by atoms with Crippen molar-refractivity contribution < 1.29 is 4.79 Å². The van der Waals surface area contributed by atoms with Crippen LogP contribution in [-0.2, 0) is 0 Å². The van der Waals surface area contributed by atoms with Crippen LogP contribution in [0.1, 0.15) is 28.8 Å². The number of H-pyrrole nitrogens is 1. The Morgan fingerprint density at radius 3 is 2.71 bits per heavy atom. The number of piperidine rings is 1. The second-order valence-electron chi connectivity index (χ2n) is 7.31. The molecule has 0 unspecified atom stereocenters. The van der Waals surface area contributed by atoms with Crippen molar-refractivity contribution in [1.29, 1.82) is 5.53 Å². The van der Waals surface area contributed by atoms with E-state index in [1.807, 2.05) is 6.07 Å². The second-order valence-corrected chi connectivity index (χ2v) is 7.31. The van der Waals surface area contributed by atoms with Crippen molar-refractivity contribution in [3.8, 4) is 0 Å². The van der Waals surface area contributed by atoms with Crippen LogP contribution in [0, 0.1) is 5.53 Å². The van der Waals surface area contributed by atoms with Crippen LogP contribution in [0.4, 0.5) is 5.69 Å². The lowest BCUT2D eigenvalue weighted by Crippen LogP contribution is -2.42. The Morgan fingerprint density at radius 1 is 1.19 bits per heavy atom. The van der Waals surface area contributed by atoms with E-state index in [0.717, 1.165) is 31.3 Å². The predicted molar refractivity (Wildman–Crippen MR) is 119 cm³/mol. The third-order valence-electron chi connectivity index (χ3n) is 5.21. The highest BCUT2D eigenvalue weighted by Gasteiger charge is 2.16. The van der Waals surface area contributed by atoms with Crippen molar-refractivity contribution in [3.05, 3.63) is 76.3 Å². The van der Waals surface area contributed by atoms with Gasteiger partial charge in [-0.1, -0.05) is 0 Å². The van der Waals surface area contributed by atoms with Crippen LogP contribution in [0.25, 0.3) is 16.7 Å². The number of amides is 1. The molecule has 5 N–H and O–H groups in total. The van der Waals surface area contributed by atoms with Gasteiger partial charge in [-0.05, 0) is 68.4 Å². The molecule has 1 amide bonds. The third-order valence-corrected chi connectivity index (χ3v) is 5.21. The van der Waals surface area contributed by atoms with Crippen LogP contribution in [0.5, 0.6) is 0 Å². The lowest BCUT2D eigenvalue weighted by molar-refractivity contribution is 0.0929. The average Bonchev–Trinajstić information content (AvgIpc) is 2.80. The van der Waals surface area contributed by atoms with Gasteiger partial charge in [0, 0.05) is 35.1 Å². The van der Waals surface area contributed by atoms with E-state index in [4.69, 9.17) is 5.53 Å².